The van der Waals surface area contributed by atoms with Gasteiger partial charge in [-0.15, -0.1) is 0 Å². The first-order valence-electron chi connectivity index (χ1n) is 9.66. The fourth-order valence-electron chi connectivity index (χ4n) is 3.41. The summed E-state index contributed by atoms with van der Waals surface area (Å²) in [6.45, 7) is 1.99. The number of aromatic amines is 1. The van der Waals surface area contributed by atoms with E-state index in [0.717, 1.165) is 26.6 Å². The number of aliphatic hydroxyl groups is 1. The van der Waals surface area contributed by atoms with Crippen LogP contribution < -0.4 is 5.32 Å². The molecule has 2 heterocycles. The van der Waals surface area contributed by atoms with E-state index in [-0.39, 0.29) is 18.3 Å². The Hall–Kier alpha value is -2.84. The van der Waals surface area contributed by atoms with Gasteiger partial charge in [0.2, 0.25) is 0 Å². The van der Waals surface area contributed by atoms with Crippen LogP contribution in [0.15, 0.2) is 53.0 Å². The van der Waals surface area contributed by atoms with Crippen LogP contribution in [-0.4, -0.2) is 31.9 Å². The zero-order chi connectivity index (χ0) is 21.1. The summed E-state index contributed by atoms with van der Waals surface area (Å²) >= 11 is 3.51. The summed E-state index contributed by atoms with van der Waals surface area (Å²) in [6.07, 6.45) is 1.23. The maximum absolute atomic E-state index is 13.5. The largest absolute Gasteiger partial charge is 0.396 e. The van der Waals surface area contributed by atoms with Crippen molar-refractivity contribution >= 4 is 38.5 Å². The van der Waals surface area contributed by atoms with E-state index in [9.17, 15) is 9.50 Å². The van der Waals surface area contributed by atoms with Gasteiger partial charge in [-0.05, 0) is 55.7 Å². The Morgan fingerprint density at radius 3 is 2.63 bits per heavy atom. The molecule has 0 fully saturated rings. The second-order valence-corrected chi connectivity index (χ2v) is 8.04. The van der Waals surface area contributed by atoms with E-state index in [1.54, 1.807) is 12.1 Å². The molecular weight excluding hydrogens is 449 g/mol. The number of rotatable bonds is 7. The molecule has 0 saturated heterocycles. The number of fused-ring (bicyclic) bond motifs is 1. The Labute approximate surface area is 181 Å². The van der Waals surface area contributed by atoms with Crippen LogP contribution in [0.5, 0.6) is 0 Å². The number of H-pyrrole nitrogens is 1. The number of hydrogen-bond donors (Lipinski definition) is 3. The number of aryl methyl sites for hydroxylation is 1. The third kappa shape index (κ3) is 4.49. The van der Waals surface area contributed by atoms with Crippen molar-refractivity contribution in [1.29, 1.82) is 0 Å². The van der Waals surface area contributed by atoms with Gasteiger partial charge in [0.25, 0.3) is 0 Å². The second-order valence-electron chi connectivity index (χ2n) is 7.12. The fourth-order valence-corrected chi connectivity index (χ4v) is 3.76. The van der Waals surface area contributed by atoms with Crippen molar-refractivity contribution in [3.8, 4) is 0 Å². The minimum atomic E-state index is -0.292. The zero-order valence-electron chi connectivity index (χ0n) is 16.4. The average Bonchev–Trinajstić information content (AvgIpc) is 3.14. The summed E-state index contributed by atoms with van der Waals surface area (Å²) in [6, 6.07) is 14.1. The van der Waals surface area contributed by atoms with Crippen molar-refractivity contribution in [2.75, 3.05) is 11.9 Å². The molecule has 30 heavy (non-hydrogen) atoms. The summed E-state index contributed by atoms with van der Waals surface area (Å²) in [5.74, 6) is 1.44. The standard InChI is InChI=1S/C22H21BrFN5O/c1-13-11-20(29-28-13)26-22-18-9-6-15(23)12-19(18)25-21(27-22)17(3-2-10-30)14-4-7-16(24)8-5-14/h4-9,11-12,17,30H,2-3,10H2,1H3,(H2,25,26,27,28,29). The molecule has 0 aliphatic rings. The highest BCUT2D eigenvalue weighted by Gasteiger charge is 2.20. The van der Waals surface area contributed by atoms with E-state index in [1.165, 1.54) is 12.1 Å². The highest BCUT2D eigenvalue weighted by molar-refractivity contribution is 9.10. The number of aliphatic hydroxyl groups excluding tert-OH is 1. The van der Waals surface area contributed by atoms with Crippen molar-refractivity contribution in [1.82, 2.24) is 20.2 Å². The lowest BCUT2D eigenvalue weighted by Crippen LogP contribution is -2.10. The lowest BCUT2D eigenvalue weighted by atomic mass is 9.93. The first-order valence-corrected chi connectivity index (χ1v) is 10.5. The highest BCUT2D eigenvalue weighted by atomic mass is 79.9. The lowest BCUT2D eigenvalue weighted by molar-refractivity contribution is 0.281. The van der Waals surface area contributed by atoms with Crippen LogP contribution in [0.2, 0.25) is 0 Å². The van der Waals surface area contributed by atoms with Crippen LogP contribution in [0.25, 0.3) is 10.9 Å². The van der Waals surface area contributed by atoms with Gasteiger partial charge in [0.1, 0.15) is 17.5 Å². The Bertz CT molecular complexity index is 1160. The molecule has 2 aromatic carbocycles. The van der Waals surface area contributed by atoms with Gasteiger partial charge in [-0.1, -0.05) is 28.1 Å². The molecule has 4 rings (SSSR count). The predicted molar refractivity (Wildman–Crippen MR) is 118 cm³/mol. The molecular formula is C22H21BrFN5O. The molecule has 0 amide bonds. The van der Waals surface area contributed by atoms with Crippen LogP contribution in [-0.2, 0) is 0 Å². The SMILES string of the molecule is Cc1cc(Nc2nc(C(CCCO)c3ccc(F)cc3)nc3cc(Br)ccc23)n[nH]1. The molecule has 0 aliphatic carbocycles. The Morgan fingerprint density at radius 2 is 1.93 bits per heavy atom. The Balaban J connectivity index is 1.83. The number of hydrogen-bond acceptors (Lipinski definition) is 5. The maximum atomic E-state index is 13.5. The number of aromatic nitrogens is 4. The van der Waals surface area contributed by atoms with E-state index in [1.807, 2.05) is 31.2 Å². The molecule has 3 N–H and O–H groups in total. The first-order chi connectivity index (χ1) is 14.5. The van der Waals surface area contributed by atoms with Crippen molar-refractivity contribution in [2.45, 2.75) is 25.7 Å². The Morgan fingerprint density at radius 1 is 1.13 bits per heavy atom. The molecule has 6 nitrogen and oxygen atoms in total. The molecule has 2 aromatic heterocycles. The zero-order valence-corrected chi connectivity index (χ0v) is 17.9. The van der Waals surface area contributed by atoms with Gasteiger partial charge in [0.15, 0.2) is 5.82 Å². The lowest BCUT2D eigenvalue weighted by Gasteiger charge is -2.18. The fraction of sp³-hybridized carbons (Fsp3) is 0.227. The predicted octanol–water partition coefficient (Wildman–Crippen LogP) is 5.21. The number of benzene rings is 2. The molecule has 1 atom stereocenters. The van der Waals surface area contributed by atoms with Crippen molar-refractivity contribution < 1.29 is 9.50 Å². The molecule has 0 bridgehead atoms. The van der Waals surface area contributed by atoms with Gasteiger partial charge in [-0.2, -0.15) is 5.10 Å². The minimum absolute atomic E-state index is 0.0640. The molecule has 1 unspecified atom stereocenters. The molecule has 4 aromatic rings. The third-order valence-corrected chi connectivity index (χ3v) is 5.36. The van der Waals surface area contributed by atoms with Crippen LogP contribution in [0.1, 0.15) is 35.8 Å². The molecule has 0 spiro atoms. The summed E-state index contributed by atoms with van der Waals surface area (Å²) < 4.78 is 14.4. The smallest absolute Gasteiger partial charge is 0.153 e. The number of anilines is 2. The third-order valence-electron chi connectivity index (χ3n) is 4.86. The van der Waals surface area contributed by atoms with E-state index in [4.69, 9.17) is 9.97 Å². The molecule has 0 aliphatic heterocycles. The van der Waals surface area contributed by atoms with Crippen LogP contribution in [0, 0.1) is 12.7 Å². The molecule has 0 saturated carbocycles. The monoisotopic (exact) mass is 469 g/mol. The van der Waals surface area contributed by atoms with E-state index >= 15 is 0 Å². The summed E-state index contributed by atoms with van der Waals surface area (Å²) in [7, 11) is 0. The number of nitrogens with zero attached hydrogens (tertiary/aromatic N) is 3. The van der Waals surface area contributed by atoms with Gasteiger partial charge in [0.05, 0.1) is 5.52 Å². The van der Waals surface area contributed by atoms with E-state index in [2.05, 4.69) is 31.4 Å². The first kappa shape index (κ1) is 20.4. The molecule has 0 radical (unpaired) electrons. The summed E-state index contributed by atoms with van der Waals surface area (Å²) in [4.78, 5) is 9.63. The van der Waals surface area contributed by atoms with E-state index in [0.29, 0.717) is 30.3 Å². The molecule has 154 valence electrons. The minimum Gasteiger partial charge on any atom is -0.396 e. The maximum Gasteiger partial charge on any atom is 0.153 e. The summed E-state index contributed by atoms with van der Waals surface area (Å²) in [5.41, 5.74) is 2.62. The van der Waals surface area contributed by atoms with Crippen molar-refractivity contribution in [2.24, 2.45) is 0 Å². The van der Waals surface area contributed by atoms with Gasteiger partial charge < -0.3 is 10.4 Å². The highest BCUT2D eigenvalue weighted by Crippen LogP contribution is 2.32. The van der Waals surface area contributed by atoms with Gasteiger partial charge in [0, 0.05) is 34.1 Å². The number of halogens is 2. The van der Waals surface area contributed by atoms with Crippen LogP contribution in [0.4, 0.5) is 16.0 Å². The number of nitrogens with one attached hydrogen (secondary N) is 2. The van der Waals surface area contributed by atoms with Crippen LogP contribution >= 0.6 is 15.9 Å². The quantitative estimate of drug-likeness (QED) is 0.345. The van der Waals surface area contributed by atoms with Gasteiger partial charge >= 0.3 is 0 Å². The normalized spacial score (nSPS) is 12.3. The van der Waals surface area contributed by atoms with Gasteiger partial charge in [-0.3, -0.25) is 5.10 Å². The average molecular weight is 470 g/mol. The Kier molecular flexibility index (Phi) is 6.06. The van der Waals surface area contributed by atoms with E-state index < -0.39 is 0 Å². The van der Waals surface area contributed by atoms with Crippen LogP contribution in [0.3, 0.4) is 0 Å². The topological polar surface area (TPSA) is 86.7 Å². The molecule has 8 heteroatoms. The second kappa shape index (κ2) is 8.89. The van der Waals surface area contributed by atoms with Crippen molar-refractivity contribution in [3.05, 3.63) is 75.9 Å². The van der Waals surface area contributed by atoms with Gasteiger partial charge in [-0.25, -0.2) is 14.4 Å². The van der Waals surface area contributed by atoms with Crippen molar-refractivity contribution in [3.63, 3.8) is 0 Å². The summed E-state index contributed by atoms with van der Waals surface area (Å²) in [5, 5.41) is 20.7.